The maximum atomic E-state index is 12.8. The third-order valence-electron chi connectivity index (χ3n) is 4.80. The number of ether oxygens (including phenoxy) is 1. The molecule has 0 spiro atoms. The van der Waals surface area contributed by atoms with Crippen LogP contribution >= 0.6 is 11.6 Å². The number of anilines is 1. The fourth-order valence-corrected chi connectivity index (χ4v) is 3.28. The van der Waals surface area contributed by atoms with Crippen LogP contribution in [0.3, 0.4) is 0 Å². The quantitative estimate of drug-likeness (QED) is 0.552. The second-order valence-electron chi connectivity index (χ2n) is 6.52. The first-order chi connectivity index (χ1) is 13.5. The van der Waals surface area contributed by atoms with Crippen LogP contribution in [0.25, 0.3) is 11.0 Å². The van der Waals surface area contributed by atoms with Crippen molar-refractivity contribution in [2.24, 2.45) is 0 Å². The van der Waals surface area contributed by atoms with E-state index in [1.165, 1.54) is 0 Å². The van der Waals surface area contributed by atoms with Crippen LogP contribution in [0.15, 0.2) is 46.9 Å². The van der Waals surface area contributed by atoms with Gasteiger partial charge in [-0.15, -0.1) is 0 Å². The summed E-state index contributed by atoms with van der Waals surface area (Å²) in [6.07, 6.45) is 0. The van der Waals surface area contributed by atoms with Crippen LogP contribution in [-0.2, 0) is 0 Å². The van der Waals surface area contributed by atoms with Crippen molar-refractivity contribution in [1.29, 1.82) is 0 Å². The van der Waals surface area contributed by atoms with Gasteiger partial charge in [-0.1, -0.05) is 37.6 Å². The lowest BCUT2D eigenvalue weighted by molar-refractivity contribution is 0.0997. The third-order valence-corrected chi connectivity index (χ3v) is 5.03. The first kappa shape index (κ1) is 20.2. The number of rotatable bonds is 8. The number of aryl methyl sites for hydroxylation is 1. The highest BCUT2D eigenvalue weighted by Gasteiger charge is 2.19. The number of furan rings is 1. The topological polar surface area (TPSA) is 54.7 Å². The molecular weight excluding hydrogens is 376 g/mol. The monoisotopic (exact) mass is 400 g/mol. The number of nitrogens with one attached hydrogen (secondary N) is 1. The van der Waals surface area contributed by atoms with Gasteiger partial charge in [0.25, 0.3) is 5.91 Å². The second-order valence-corrected chi connectivity index (χ2v) is 6.96. The standard InChI is InChI=1S/C22H25ClN2O3/c1-4-25(5-2)12-13-27-20-9-7-6-8-18(20)24-22(26)21-15(3)17-14-16(23)10-11-19(17)28-21/h6-11,14H,4-5,12-13H2,1-3H3,(H,24,26). The summed E-state index contributed by atoms with van der Waals surface area (Å²) in [6.45, 7) is 9.45. The minimum absolute atomic E-state index is 0.273. The number of hydrogen-bond donors (Lipinski definition) is 1. The zero-order chi connectivity index (χ0) is 20.1. The number of amides is 1. The zero-order valence-corrected chi connectivity index (χ0v) is 17.2. The second kappa shape index (κ2) is 9.13. The van der Waals surface area contributed by atoms with Gasteiger partial charge in [0.2, 0.25) is 0 Å². The van der Waals surface area contributed by atoms with Gasteiger partial charge < -0.3 is 19.4 Å². The fourth-order valence-electron chi connectivity index (χ4n) is 3.11. The van der Waals surface area contributed by atoms with Gasteiger partial charge in [0.1, 0.15) is 17.9 Å². The Morgan fingerprint density at radius 1 is 1.18 bits per heavy atom. The van der Waals surface area contributed by atoms with Gasteiger partial charge in [0.15, 0.2) is 5.76 Å². The normalized spacial score (nSPS) is 11.2. The van der Waals surface area contributed by atoms with Crippen molar-refractivity contribution >= 4 is 34.2 Å². The Balaban J connectivity index is 1.75. The van der Waals surface area contributed by atoms with Gasteiger partial charge in [-0.25, -0.2) is 0 Å². The van der Waals surface area contributed by atoms with E-state index < -0.39 is 0 Å². The predicted molar refractivity (Wildman–Crippen MR) is 114 cm³/mol. The Kier molecular flexibility index (Phi) is 6.60. The van der Waals surface area contributed by atoms with E-state index in [4.69, 9.17) is 20.8 Å². The lowest BCUT2D eigenvalue weighted by Crippen LogP contribution is -2.28. The lowest BCUT2D eigenvalue weighted by atomic mass is 10.1. The van der Waals surface area contributed by atoms with Crippen molar-refractivity contribution in [3.05, 3.63) is 58.8 Å². The Bertz CT molecular complexity index is 964. The molecule has 28 heavy (non-hydrogen) atoms. The zero-order valence-electron chi connectivity index (χ0n) is 16.4. The first-order valence-corrected chi connectivity index (χ1v) is 9.85. The SMILES string of the molecule is CCN(CC)CCOc1ccccc1NC(=O)c1oc2ccc(Cl)cc2c1C. The first-order valence-electron chi connectivity index (χ1n) is 9.47. The van der Waals surface area contributed by atoms with E-state index in [0.29, 0.717) is 28.6 Å². The molecule has 3 rings (SSSR count). The van der Waals surface area contributed by atoms with E-state index in [-0.39, 0.29) is 11.7 Å². The van der Waals surface area contributed by atoms with Crippen LogP contribution in [0.5, 0.6) is 5.75 Å². The largest absolute Gasteiger partial charge is 0.490 e. The smallest absolute Gasteiger partial charge is 0.291 e. The Hall–Kier alpha value is -2.50. The van der Waals surface area contributed by atoms with Gasteiger partial charge in [0, 0.05) is 22.5 Å². The van der Waals surface area contributed by atoms with Crippen molar-refractivity contribution in [1.82, 2.24) is 4.90 Å². The molecule has 2 aromatic carbocycles. The maximum absolute atomic E-state index is 12.8. The molecule has 0 aliphatic carbocycles. The molecule has 148 valence electrons. The molecule has 0 unspecified atom stereocenters. The Morgan fingerprint density at radius 2 is 1.93 bits per heavy atom. The van der Waals surface area contributed by atoms with E-state index in [0.717, 1.165) is 30.6 Å². The molecule has 1 heterocycles. The average molecular weight is 401 g/mol. The molecule has 5 nitrogen and oxygen atoms in total. The number of benzene rings is 2. The highest BCUT2D eigenvalue weighted by molar-refractivity contribution is 6.31. The summed E-state index contributed by atoms with van der Waals surface area (Å²) in [7, 11) is 0. The van der Waals surface area contributed by atoms with E-state index in [9.17, 15) is 4.79 Å². The summed E-state index contributed by atoms with van der Waals surface area (Å²) in [4.78, 5) is 15.1. The van der Waals surface area contributed by atoms with E-state index in [1.807, 2.05) is 31.2 Å². The summed E-state index contributed by atoms with van der Waals surface area (Å²) < 4.78 is 11.7. The van der Waals surface area contributed by atoms with Crippen molar-refractivity contribution < 1.29 is 13.9 Å². The molecule has 1 amide bonds. The van der Waals surface area contributed by atoms with Gasteiger partial charge in [-0.2, -0.15) is 0 Å². The fraction of sp³-hybridized carbons (Fsp3) is 0.318. The van der Waals surface area contributed by atoms with Gasteiger partial charge in [-0.05, 0) is 50.3 Å². The van der Waals surface area contributed by atoms with Gasteiger partial charge >= 0.3 is 0 Å². The molecule has 3 aromatic rings. The molecule has 0 fully saturated rings. The number of nitrogens with zero attached hydrogens (tertiary/aromatic N) is 1. The van der Waals surface area contributed by atoms with Crippen molar-refractivity contribution in [3.63, 3.8) is 0 Å². The van der Waals surface area contributed by atoms with Crippen LogP contribution < -0.4 is 10.1 Å². The highest BCUT2D eigenvalue weighted by Crippen LogP contribution is 2.30. The number of para-hydroxylation sites is 2. The summed E-state index contributed by atoms with van der Waals surface area (Å²) in [5.41, 5.74) is 2.01. The molecule has 0 saturated heterocycles. The van der Waals surface area contributed by atoms with E-state index in [2.05, 4.69) is 24.1 Å². The van der Waals surface area contributed by atoms with Crippen LogP contribution in [0.1, 0.15) is 30.0 Å². The maximum Gasteiger partial charge on any atom is 0.291 e. The van der Waals surface area contributed by atoms with Crippen LogP contribution in [-0.4, -0.2) is 37.0 Å². The molecular formula is C22H25ClN2O3. The molecule has 0 aliphatic rings. The predicted octanol–water partition coefficient (Wildman–Crippen LogP) is 5.37. The van der Waals surface area contributed by atoms with E-state index in [1.54, 1.807) is 18.2 Å². The molecule has 6 heteroatoms. The summed E-state index contributed by atoms with van der Waals surface area (Å²) in [5, 5.41) is 4.35. The van der Waals surface area contributed by atoms with E-state index >= 15 is 0 Å². The minimum Gasteiger partial charge on any atom is -0.490 e. The van der Waals surface area contributed by atoms with Gasteiger partial charge in [0.05, 0.1) is 5.69 Å². The van der Waals surface area contributed by atoms with Gasteiger partial charge in [-0.3, -0.25) is 4.79 Å². The molecule has 0 atom stereocenters. The van der Waals surface area contributed by atoms with Crippen molar-refractivity contribution in [2.45, 2.75) is 20.8 Å². The molecule has 0 radical (unpaired) electrons. The van der Waals surface area contributed by atoms with Crippen LogP contribution in [0, 0.1) is 6.92 Å². The summed E-state index contributed by atoms with van der Waals surface area (Å²) >= 11 is 6.06. The van der Waals surface area contributed by atoms with Crippen molar-refractivity contribution in [3.8, 4) is 5.75 Å². The molecule has 0 saturated carbocycles. The Labute approximate surface area is 170 Å². The third kappa shape index (κ3) is 4.49. The summed E-state index contributed by atoms with van der Waals surface area (Å²) in [6, 6.07) is 12.7. The molecule has 0 aliphatic heterocycles. The molecule has 0 bridgehead atoms. The van der Waals surface area contributed by atoms with Crippen molar-refractivity contribution in [2.75, 3.05) is 31.6 Å². The number of carbonyl (C=O) groups is 1. The number of likely N-dealkylation sites (N-methyl/N-ethyl adjacent to an activating group) is 1. The molecule has 1 aromatic heterocycles. The number of fused-ring (bicyclic) bond motifs is 1. The average Bonchev–Trinajstić information content (AvgIpc) is 3.02. The highest BCUT2D eigenvalue weighted by atomic mass is 35.5. The lowest BCUT2D eigenvalue weighted by Gasteiger charge is -2.19. The number of carbonyl (C=O) groups excluding carboxylic acids is 1. The van der Waals surface area contributed by atoms with Crippen LogP contribution in [0.2, 0.25) is 5.02 Å². The minimum atomic E-state index is -0.315. The summed E-state index contributed by atoms with van der Waals surface area (Å²) in [5.74, 6) is 0.597. The number of halogens is 1. The number of hydrogen-bond acceptors (Lipinski definition) is 4. The molecule has 1 N–H and O–H groups in total. The van der Waals surface area contributed by atoms with Crippen LogP contribution in [0.4, 0.5) is 5.69 Å². The Morgan fingerprint density at radius 3 is 2.68 bits per heavy atom.